The van der Waals surface area contributed by atoms with Crippen molar-refractivity contribution < 1.29 is 14.4 Å². The largest absolute Gasteiger partial charge is 0.481 e. The van der Waals surface area contributed by atoms with E-state index in [4.69, 9.17) is 5.11 Å². The van der Waals surface area contributed by atoms with Gasteiger partial charge in [-0.25, -0.2) is 0 Å². The number of hydrogen-bond donors (Lipinski definition) is 2. The summed E-state index contributed by atoms with van der Waals surface area (Å²) < 4.78 is 4.33. The second-order valence-electron chi connectivity index (χ2n) is 4.91. The van der Waals surface area contributed by atoms with E-state index in [1.807, 2.05) is 12.3 Å². The minimum absolute atomic E-state index is 0.0289. The molecule has 3 rings (SSSR count). The summed E-state index contributed by atoms with van der Waals surface area (Å²) in [6.07, 6.45) is 11.4. The molecule has 5 heteroatoms. The fraction of sp³-hybridized carbons (Fsp3) is 0.500. The Morgan fingerprint density at radius 2 is 2.14 bits per heavy atom. The molecule has 2 N–H and O–H groups in total. The number of rotatable bonds is 2. The van der Waals surface area contributed by atoms with E-state index >= 15 is 0 Å². The highest BCUT2D eigenvalue weighted by Crippen LogP contribution is 2.23. The summed E-state index contributed by atoms with van der Waals surface area (Å²) in [5.41, 5.74) is 1.31. The first-order valence-electron chi connectivity index (χ1n) is 7.43. The molecule has 0 aromatic carbocycles. The number of nitrogens with zero attached hydrogens (tertiary/aromatic N) is 1. The van der Waals surface area contributed by atoms with Crippen LogP contribution in [0, 0.1) is 5.92 Å². The number of nitrogens with one attached hydrogen (secondary N) is 1. The Balaban J connectivity index is 0.000000164. The molecule has 0 amide bonds. The first-order valence-corrected chi connectivity index (χ1v) is 7.43. The quantitative estimate of drug-likeness (QED) is 0.879. The van der Waals surface area contributed by atoms with E-state index in [-0.39, 0.29) is 5.92 Å². The van der Waals surface area contributed by atoms with Gasteiger partial charge < -0.3 is 14.6 Å². The van der Waals surface area contributed by atoms with Crippen molar-refractivity contribution >= 4 is 5.97 Å². The van der Waals surface area contributed by atoms with Crippen LogP contribution >= 0.6 is 0 Å². The van der Waals surface area contributed by atoms with Crippen LogP contribution in [0.25, 0.3) is 0 Å². The van der Waals surface area contributed by atoms with Gasteiger partial charge in [-0.3, -0.25) is 4.79 Å². The van der Waals surface area contributed by atoms with Crippen molar-refractivity contribution in [3.05, 3.63) is 42.5 Å². The van der Waals surface area contributed by atoms with E-state index in [0.717, 1.165) is 32.1 Å². The zero-order chi connectivity index (χ0) is 15.3. The predicted octanol–water partition coefficient (Wildman–Crippen LogP) is 3.90. The predicted molar refractivity (Wildman–Crippen MR) is 80.9 cm³/mol. The van der Waals surface area contributed by atoms with Crippen molar-refractivity contribution in [3.63, 3.8) is 0 Å². The van der Waals surface area contributed by atoms with E-state index in [2.05, 4.69) is 27.7 Å². The molecule has 1 fully saturated rings. The van der Waals surface area contributed by atoms with Crippen LogP contribution in [0.5, 0.6) is 0 Å². The van der Waals surface area contributed by atoms with Gasteiger partial charge in [0.2, 0.25) is 0 Å². The Kier molecular flexibility index (Phi) is 8.68. The van der Waals surface area contributed by atoms with E-state index in [0.29, 0.717) is 0 Å². The Labute approximate surface area is 125 Å². The fourth-order valence-electron chi connectivity index (χ4n) is 2.11. The van der Waals surface area contributed by atoms with Crippen LogP contribution in [-0.4, -0.2) is 21.2 Å². The smallest absolute Gasteiger partial charge is 0.306 e. The number of H-pyrrole nitrogens is 1. The molecule has 2 aromatic rings. The minimum Gasteiger partial charge on any atom is -0.481 e. The number of aryl methyl sites for hydroxylation is 1. The van der Waals surface area contributed by atoms with Gasteiger partial charge in [-0.1, -0.05) is 31.3 Å². The summed E-state index contributed by atoms with van der Waals surface area (Å²) in [5.74, 6) is -0.631. The first kappa shape index (κ1) is 17.0. The summed E-state index contributed by atoms with van der Waals surface area (Å²) >= 11 is 0. The first-order chi connectivity index (χ1) is 10.2. The molecule has 1 aliphatic rings. The van der Waals surface area contributed by atoms with Gasteiger partial charge in [-0.2, -0.15) is 0 Å². The number of aliphatic carboxylic acids is 1. The number of carboxylic acid groups (broad SMARTS) is 1. The van der Waals surface area contributed by atoms with E-state index < -0.39 is 5.97 Å². The highest BCUT2D eigenvalue weighted by Gasteiger charge is 2.19. The van der Waals surface area contributed by atoms with Gasteiger partial charge in [0, 0.05) is 11.9 Å². The Bertz CT molecular complexity index is 429. The molecule has 0 spiro atoms. The number of aromatic amines is 1. The zero-order valence-electron chi connectivity index (χ0n) is 12.5. The molecule has 0 atom stereocenters. The van der Waals surface area contributed by atoms with Crippen molar-refractivity contribution in [2.45, 2.75) is 45.4 Å². The van der Waals surface area contributed by atoms with Crippen molar-refractivity contribution in [2.75, 3.05) is 0 Å². The lowest BCUT2D eigenvalue weighted by Crippen LogP contribution is -2.16. The van der Waals surface area contributed by atoms with Crippen molar-refractivity contribution in [2.24, 2.45) is 5.92 Å². The third-order valence-electron chi connectivity index (χ3n) is 3.34. The lowest BCUT2D eigenvalue weighted by Gasteiger charge is -2.16. The highest BCUT2D eigenvalue weighted by molar-refractivity contribution is 5.69. The lowest BCUT2D eigenvalue weighted by molar-refractivity contribution is -0.142. The maximum Gasteiger partial charge on any atom is 0.306 e. The standard InChI is InChI=1S/C7H12O2.C6H9N.C3H3NO/c8-7(9)6-4-2-1-3-5-6;1-2-6-4-3-5-7-6;1-2-4-5-3-1/h6H,1-5H2,(H,8,9);3-5,7H,2H2,1H3;1-3H. The summed E-state index contributed by atoms with van der Waals surface area (Å²) in [6, 6.07) is 5.82. The Morgan fingerprint density at radius 3 is 2.43 bits per heavy atom. The van der Waals surface area contributed by atoms with Crippen LogP contribution in [0.2, 0.25) is 0 Å². The normalized spacial score (nSPS) is 14.3. The maximum absolute atomic E-state index is 10.4. The molecule has 21 heavy (non-hydrogen) atoms. The van der Waals surface area contributed by atoms with Crippen molar-refractivity contribution in [1.29, 1.82) is 0 Å². The molecule has 1 saturated carbocycles. The molecule has 0 radical (unpaired) electrons. The monoisotopic (exact) mass is 292 g/mol. The van der Waals surface area contributed by atoms with Crippen molar-refractivity contribution in [1.82, 2.24) is 10.1 Å². The van der Waals surface area contributed by atoms with Gasteiger partial charge in [0.25, 0.3) is 0 Å². The Morgan fingerprint density at radius 1 is 1.38 bits per heavy atom. The number of hydrogen-bond acceptors (Lipinski definition) is 3. The van der Waals surface area contributed by atoms with Gasteiger partial charge >= 0.3 is 5.97 Å². The maximum atomic E-state index is 10.4. The average Bonchev–Trinajstić information content (AvgIpc) is 3.24. The molecule has 116 valence electrons. The van der Waals surface area contributed by atoms with Crippen LogP contribution in [0.3, 0.4) is 0 Å². The van der Waals surface area contributed by atoms with E-state index in [1.54, 1.807) is 12.3 Å². The zero-order valence-corrected chi connectivity index (χ0v) is 12.5. The lowest BCUT2D eigenvalue weighted by atomic mass is 9.90. The topological polar surface area (TPSA) is 79.1 Å². The summed E-state index contributed by atoms with van der Waals surface area (Å²) in [6.45, 7) is 2.13. The summed E-state index contributed by atoms with van der Waals surface area (Å²) in [5, 5.41) is 11.9. The van der Waals surface area contributed by atoms with Gasteiger partial charge in [-0.05, 0) is 37.5 Å². The molecule has 1 aliphatic carbocycles. The molecular weight excluding hydrogens is 268 g/mol. The second-order valence-corrected chi connectivity index (χ2v) is 4.91. The second kappa shape index (κ2) is 10.7. The van der Waals surface area contributed by atoms with Crippen LogP contribution in [0.1, 0.15) is 44.7 Å². The molecule has 0 aliphatic heterocycles. The third-order valence-corrected chi connectivity index (χ3v) is 3.34. The number of carboxylic acids is 1. The van der Waals surface area contributed by atoms with Gasteiger partial charge in [-0.15, -0.1) is 0 Å². The van der Waals surface area contributed by atoms with Crippen LogP contribution in [0.15, 0.2) is 41.4 Å². The molecule has 0 unspecified atom stereocenters. The molecule has 5 nitrogen and oxygen atoms in total. The Hall–Kier alpha value is -2.04. The average molecular weight is 292 g/mol. The highest BCUT2D eigenvalue weighted by atomic mass is 16.5. The van der Waals surface area contributed by atoms with Crippen LogP contribution < -0.4 is 0 Å². The van der Waals surface area contributed by atoms with Crippen LogP contribution in [-0.2, 0) is 11.2 Å². The fourth-order valence-corrected chi connectivity index (χ4v) is 2.11. The molecular formula is C16H24N2O3. The number of carbonyl (C=O) groups is 1. The van der Waals surface area contributed by atoms with Gasteiger partial charge in [0.1, 0.15) is 6.26 Å². The SMILES string of the molecule is CCc1ccc[nH]1.O=C(O)C1CCCCC1.c1cnoc1. The molecule has 0 saturated heterocycles. The minimum atomic E-state index is -0.602. The number of aromatic nitrogens is 2. The van der Waals surface area contributed by atoms with E-state index in [1.165, 1.54) is 18.4 Å². The van der Waals surface area contributed by atoms with E-state index in [9.17, 15) is 4.79 Å². The van der Waals surface area contributed by atoms with Crippen LogP contribution in [0.4, 0.5) is 0 Å². The van der Waals surface area contributed by atoms with Gasteiger partial charge in [0.15, 0.2) is 0 Å². The molecule has 2 heterocycles. The third kappa shape index (κ3) is 7.97. The molecule has 2 aromatic heterocycles. The van der Waals surface area contributed by atoms with Gasteiger partial charge in [0.05, 0.1) is 12.1 Å². The van der Waals surface area contributed by atoms with Crippen molar-refractivity contribution in [3.8, 4) is 0 Å². The summed E-state index contributed by atoms with van der Waals surface area (Å²) in [7, 11) is 0. The summed E-state index contributed by atoms with van der Waals surface area (Å²) in [4.78, 5) is 13.4. The molecule has 0 bridgehead atoms.